The molecule has 5 atom stereocenters. The summed E-state index contributed by atoms with van der Waals surface area (Å²) in [4.78, 5) is 0. The Morgan fingerprint density at radius 2 is 1.85 bits per heavy atom. The SMILES string of the molecule is COCC(C)OCC(O)CC1CC(C(C)C)CCC1O. The van der Waals surface area contributed by atoms with Crippen molar-refractivity contribution in [2.45, 2.75) is 64.8 Å². The zero-order valence-corrected chi connectivity index (χ0v) is 13.4. The standard InChI is InChI=1S/C16H32O4/c1-11(2)13-5-6-16(18)14(7-13)8-15(17)10-20-12(3)9-19-4/h11-18H,5-10H2,1-4H3. The van der Waals surface area contributed by atoms with Crippen molar-refractivity contribution in [3.05, 3.63) is 0 Å². The maximum Gasteiger partial charge on any atom is 0.0781 e. The van der Waals surface area contributed by atoms with Crippen LogP contribution in [0.1, 0.15) is 46.5 Å². The summed E-state index contributed by atoms with van der Waals surface area (Å²) >= 11 is 0. The van der Waals surface area contributed by atoms with Gasteiger partial charge in [0.2, 0.25) is 0 Å². The topological polar surface area (TPSA) is 58.9 Å². The van der Waals surface area contributed by atoms with E-state index in [9.17, 15) is 10.2 Å². The van der Waals surface area contributed by atoms with E-state index in [0.29, 0.717) is 31.5 Å². The Morgan fingerprint density at radius 3 is 2.45 bits per heavy atom. The highest BCUT2D eigenvalue weighted by atomic mass is 16.5. The van der Waals surface area contributed by atoms with Crippen molar-refractivity contribution in [1.29, 1.82) is 0 Å². The first-order valence-electron chi connectivity index (χ1n) is 7.90. The molecule has 5 unspecified atom stereocenters. The molecular weight excluding hydrogens is 256 g/mol. The first kappa shape index (κ1) is 17.9. The van der Waals surface area contributed by atoms with Gasteiger partial charge in [0.15, 0.2) is 0 Å². The molecule has 0 radical (unpaired) electrons. The van der Waals surface area contributed by atoms with E-state index < -0.39 is 6.10 Å². The quantitative estimate of drug-likeness (QED) is 0.719. The van der Waals surface area contributed by atoms with Gasteiger partial charge in [-0.15, -0.1) is 0 Å². The van der Waals surface area contributed by atoms with Crippen LogP contribution in [0.25, 0.3) is 0 Å². The molecule has 1 aliphatic rings. The highest BCUT2D eigenvalue weighted by Crippen LogP contribution is 2.36. The van der Waals surface area contributed by atoms with Gasteiger partial charge in [0, 0.05) is 7.11 Å². The number of hydrogen-bond acceptors (Lipinski definition) is 4. The highest BCUT2D eigenvalue weighted by Gasteiger charge is 2.31. The van der Waals surface area contributed by atoms with Gasteiger partial charge >= 0.3 is 0 Å². The summed E-state index contributed by atoms with van der Waals surface area (Å²) in [5.41, 5.74) is 0. The van der Waals surface area contributed by atoms with Crippen LogP contribution in [0.3, 0.4) is 0 Å². The summed E-state index contributed by atoms with van der Waals surface area (Å²) in [5, 5.41) is 20.2. The van der Waals surface area contributed by atoms with Crippen molar-refractivity contribution in [1.82, 2.24) is 0 Å². The number of aliphatic hydroxyl groups is 2. The van der Waals surface area contributed by atoms with E-state index in [2.05, 4.69) is 13.8 Å². The zero-order valence-electron chi connectivity index (χ0n) is 13.4. The van der Waals surface area contributed by atoms with Crippen LogP contribution in [0.5, 0.6) is 0 Å². The van der Waals surface area contributed by atoms with Gasteiger partial charge in [0.05, 0.1) is 31.5 Å². The molecule has 1 fully saturated rings. The number of methoxy groups -OCH3 is 1. The van der Waals surface area contributed by atoms with Crippen molar-refractivity contribution in [2.24, 2.45) is 17.8 Å². The Morgan fingerprint density at radius 1 is 1.15 bits per heavy atom. The molecule has 2 N–H and O–H groups in total. The maximum absolute atomic E-state index is 10.1. The van der Waals surface area contributed by atoms with E-state index >= 15 is 0 Å². The van der Waals surface area contributed by atoms with Crippen LogP contribution in [-0.2, 0) is 9.47 Å². The van der Waals surface area contributed by atoms with E-state index in [0.717, 1.165) is 19.3 Å². The highest BCUT2D eigenvalue weighted by molar-refractivity contribution is 4.82. The molecule has 1 rings (SSSR count). The lowest BCUT2D eigenvalue weighted by Crippen LogP contribution is -2.35. The Labute approximate surface area is 123 Å². The summed E-state index contributed by atoms with van der Waals surface area (Å²) in [5.74, 6) is 1.52. The minimum Gasteiger partial charge on any atom is -0.393 e. The average molecular weight is 288 g/mol. The normalized spacial score (nSPS) is 30.4. The monoisotopic (exact) mass is 288 g/mol. The molecule has 0 bridgehead atoms. The van der Waals surface area contributed by atoms with Gasteiger partial charge in [-0.1, -0.05) is 13.8 Å². The van der Waals surface area contributed by atoms with E-state index in [1.165, 1.54) is 0 Å². The summed E-state index contributed by atoms with van der Waals surface area (Å²) in [6.07, 6.45) is 2.84. The lowest BCUT2D eigenvalue weighted by Gasteiger charge is -2.36. The minimum atomic E-state index is -0.500. The van der Waals surface area contributed by atoms with E-state index in [1.807, 2.05) is 6.92 Å². The predicted octanol–water partition coefficient (Wildman–Crippen LogP) is 2.22. The minimum absolute atomic E-state index is 0.00524. The Bertz CT molecular complexity index is 257. The molecule has 4 heteroatoms. The third kappa shape index (κ3) is 6.08. The van der Waals surface area contributed by atoms with Gasteiger partial charge in [-0.25, -0.2) is 0 Å². The van der Waals surface area contributed by atoms with Crippen LogP contribution < -0.4 is 0 Å². The van der Waals surface area contributed by atoms with Crippen molar-refractivity contribution in [3.8, 4) is 0 Å². The molecule has 0 heterocycles. The molecule has 1 aliphatic carbocycles. The lowest BCUT2D eigenvalue weighted by atomic mass is 9.73. The van der Waals surface area contributed by atoms with Gasteiger partial charge in [0.1, 0.15) is 0 Å². The summed E-state index contributed by atoms with van der Waals surface area (Å²) in [6, 6.07) is 0. The molecule has 0 saturated heterocycles. The fourth-order valence-corrected chi connectivity index (χ4v) is 3.12. The van der Waals surface area contributed by atoms with E-state index in [-0.39, 0.29) is 18.1 Å². The first-order valence-corrected chi connectivity index (χ1v) is 7.90. The molecule has 20 heavy (non-hydrogen) atoms. The van der Waals surface area contributed by atoms with Crippen molar-refractivity contribution < 1.29 is 19.7 Å². The third-order valence-electron chi connectivity index (χ3n) is 4.48. The van der Waals surface area contributed by atoms with Crippen LogP contribution in [-0.4, -0.2) is 48.8 Å². The van der Waals surface area contributed by atoms with Crippen LogP contribution in [0.4, 0.5) is 0 Å². The summed E-state index contributed by atoms with van der Waals surface area (Å²) in [6.45, 7) is 7.27. The number of ether oxygens (including phenoxy) is 2. The Kier molecular flexibility index (Phi) is 8.03. The molecule has 4 nitrogen and oxygen atoms in total. The van der Waals surface area contributed by atoms with Gasteiger partial charge < -0.3 is 19.7 Å². The van der Waals surface area contributed by atoms with Crippen LogP contribution in [0.2, 0.25) is 0 Å². The number of rotatable bonds is 8. The Hall–Kier alpha value is -0.160. The van der Waals surface area contributed by atoms with Crippen molar-refractivity contribution in [3.63, 3.8) is 0 Å². The second kappa shape index (κ2) is 8.98. The van der Waals surface area contributed by atoms with Crippen molar-refractivity contribution in [2.75, 3.05) is 20.3 Å². The van der Waals surface area contributed by atoms with Crippen molar-refractivity contribution >= 4 is 0 Å². The van der Waals surface area contributed by atoms with Crippen LogP contribution in [0, 0.1) is 17.8 Å². The molecule has 0 aromatic rings. The van der Waals surface area contributed by atoms with Crippen LogP contribution in [0.15, 0.2) is 0 Å². The summed E-state index contributed by atoms with van der Waals surface area (Å²) < 4.78 is 10.5. The predicted molar refractivity (Wildman–Crippen MR) is 79.6 cm³/mol. The number of aliphatic hydroxyl groups excluding tert-OH is 2. The second-order valence-corrected chi connectivity index (χ2v) is 6.63. The average Bonchev–Trinajstić information content (AvgIpc) is 2.39. The molecule has 0 amide bonds. The first-order chi connectivity index (χ1) is 9.43. The van der Waals surface area contributed by atoms with E-state index in [4.69, 9.17) is 9.47 Å². The fourth-order valence-electron chi connectivity index (χ4n) is 3.12. The molecule has 1 saturated carbocycles. The van der Waals surface area contributed by atoms with Gasteiger partial charge in [-0.05, 0) is 50.4 Å². The van der Waals surface area contributed by atoms with Gasteiger partial charge in [-0.3, -0.25) is 0 Å². The maximum atomic E-state index is 10.1. The largest absolute Gasteiger partial charge is 0.393 e. The molecule has 0 aliphatic heterocycles. The van der Waals surface area contributed by atoms with Crippen LogP contribution >= 0.6 is 0 Å². The third-order valence-corrected chi connectivity index (χ3v) is 4.48. The molecular formula is C16H32O4. The fraction of sp³-hybridized carbons (Fsp3) is 1.00. The molecule has 0 spiro atoms. The molecule has 0 aromatic heterocycles. The molecule has 0 aromatic carbocycles. The zero-order chi connectivity index (χ0) is 15.1. The Balaban J connectivity index is 2.33. The second-order valence-electron chi connectivity index (χ2n) is 6.63. The van der Waals surface area contributed by atoms with Gasteiger partial charge in [-0.2, -0.15) is 0 Å². The lowest BCUT2D eigenvalue weighted by molar-refractivity contribution is -0.0513. The summed E-state index contributed by atoms with van der Waals surface area (Å²) in [7, 11) is 1.64. The smallest absolute Gasteiger partial charge is 0.0781 e. The number of hydrogen-bond donors (Lipinski definition) is 2. The van der Waals surface area contributed by atoms with E-state index in [1.54, 1.807) is 7.11 Å². The van der Waals surface area contributed by atoms with Gasteiger partial charge in [0.25, 0.3) is 0 Å². The molecule has 120 valence electrons.